The standard InChI is InChI=1S/C38H46N4O4S/c1-28-24-34(36(43)41-19-18-40(37(44)46-38(2,3)4)27-33(41)25-29-12-7-5-8-13-29)35(30-14-9-6-10-15-30)42(28)32-17-11-16-31(26-32)39-20-22-47(45)23-21-39/h5-14,16-17,24,26,30,33H,15,18-23,25,27H2,1-4H3/t30?,33-/m1/s1. The smallest absolute Gasteiger partial charge is 0.410 e. The van der Waals surface area contributed by atoms with Gasteiger partial charge in [-0.3, -0.25) is 9.00 Å². The molecule has 2 saturated heterocycles. The molecule has 1 unspecified atom stereocenters. The van der Waals surface area contributed by atoms with Gasteiger partial charge in [0.25, 0.3) is 5.91 Å². The maximum absolute atomic E-state index is 14.8. The Labute approximate surface area is 281 Å². The molecule has 47 heavy (non-hydrogen) atoms. The van der Waals surface area contributed by atoms with Crippen LogP contribution in [-0.2, 0) is 22.0 Å². The monoisotopic (exact) mass is 654 g/mol. The predicted octanol–water partition coefficient (Wildman–Crippen LogP) is 6.26. The van der Waals surface area contributed by atoms with E-state index in [1.165, 1.54) is 0 Å². The number of benzene rings is 2. The summed E-state index contributed by atoms with van der Waals surface area (Å²) in [6.45, 7) is 10.5. The minimum absolute atomic E-state index is 0.00997. The molecule has 6 rings (SSSR count). The van der Waals surface area contributed by atoms with Gasteiger partial charge in [-0.15, -0.1) is 0 Å². The number of piperazine rings is 1. The summed E-state index contributed by atoms with van der Waals surface area (Å²) in [7, 11) is -0.749. The van der Waals surface area contributed by atoms with Crippen LogP contribution >= 0.6 is 0 Å². The van der Waals surface area contributed by atoms with Crippen molar-refractivity contribution < 1.29 is 18.5 Å². The lowest BCUT2D eigenvalue weighted by Crippen LogP contribution is -2.58. The van der Waals surface area contributed by atoms with Crippen molar-refractivity contribution in [3.05, 3.63) is 107 Å². The summed E-state index contributed by atoms with van der Waals surface area (Å²) in [6.07, 6.45) is 9.57. The molecular formula is C38H46N4O4S. The van der Waals surface area contributed by atoms with Gasteiger partial charge in [-0.2, -0.15) is 0 Å². The highest BCUT2D eigenvalue weighted by Gasteiger charge is 2.37. The van der Waals surface area contributed by atoms with Crippen LogP contribution in [0.3, 0.4) is 0 Å². The average molecular weight is 655 g/mol. The van der Waals surface area contributed by atoms with Crippen molar-refractivity contribution >= 4 is 28.5 Å². The molecule has 2 aromatic carbocycles. The maximum atomic E-state index is 14.8. The second-order valence-corrected chi connectivity index (χ2v) is 15.4. The first-order chi connectivity index (χ1) is 22.6. The first-order valence-corrected chi connectivity index (χ1v) is 18.1. The van der Waals surface area contributed by atoms with Gasteiger partial charge in [-0.25, -0.2) is 4.79 Å². The molecule has 0 saturated carbocycles. The van der Waals surface area contributed by atoms with E-state index in [1.807, 2.05) is 49.9 Å². The maximum Gasteiger partial charge on any atom is 0.410 e. The van der Waals surface area contributed by atoms with Gasteiger partial charge in [0.1, 0.15) is 5.60 Å². The van der Waals surface area contributed by atoms with Gasteiger partial charge in [0, 0.05) is 83.7 Å². The molecule has 3 aliphatic rings. The Kier molecular flexibility index (Phi) is 9.73. The number of anilines is 1. The molecule has 2 fully saturated rings. The van der Waals surface area contributed by atoms with E-state index in [1.54, 1.807) is 4.90 Å². The van der Waals surface area contributed by atoms with Crippen LogP contribution in [0.5, 0.6) is 0 Å². The number of carbonyl (C=O) groups excluding carboxylic acids is 2. The highest BCUT2D eigenvalue weighted by molar-refractivity contribution is 7.85. The second kappa shape index (κ2) is 13.9. The lowest BCUT2D eigenvalue weighted by molar-refractivity contribution is 0.00435. The van der Waals surface area contributed by atoms with Gasteiger partial charge in [-0.05, 0) is 70.4 Å². The fourth-order valence-electron chi connectivity index (χ4n) is 6.88. The summed E-state index contributed by atoms with van der Waals surface area (Å²) in [6, 6.07) is 20.5. The predicted molar refractivity (Wildman–Crippen MR) is 189 cm³/mol. The van der Waals surface area contributed by atoms with Crippen LogP contribution in [0.2, 0.25) is 0 Å². The zero-order valence-electron chi connectivity index (χ0n) is 27.9. The molecule has 0 N–H and O–H groups in total. The molecule has 2 amide bonds. The van der Waals surface area contributed by atoms with E-state index in [0.29, 0.717) is 43.1 Å². The van der Waals surface area contributed by atoms with E-state index >= 15 is 0 Å². The Morgan fingerprint density at radius 3 is 2.36 bits per heavy atom. The molecule has 0 bridgehead atoms. The van der Waals surface area contributed by atoms with Gasteiger partial charge in [-0.1, -0.05) is 60.7 Å². The summed E-state index contributed by atoms with van der Waals surface area (Å²) in [5.74, 6) is 1.39. The van der Waals surface area contributed by atoms with Gasteiger partial charge >= 0.3 is 6.09 Å². The molecule has 1 aromatic heterocycles. The van der Waals surface area contributed by atoms with Crippen LogP contribution in [0, 0.1) is 6.92 Å². The van der Waals surface area contributed by atoms with E-state index in [9.17, 15) is 13.8 Å². The minimum Gasteiger partial charge on any atom is -0.444 e. The Hall–Kier alpha value is -4.11. The Bertz CT molecular complexity index is 1680. The number of allylic oxidation sites excluding steroid dienone is 4. The molecule has 0 spiro atoms. The summed E-state index contributed by atoms with van der Waals surface area (Å²) in [4.78, 5) is 34.0. The van der Waals surface area contributed by atoms with Crippen molar-refractivity contribution in [2.75, 3.05) is 49.1 Å². The molecule has 2 atom stereocenters. The zero-order valence-corrected chi connectivity index (χ0v) is 28.7. The van der Waals surface area contributed by atoms with Crippen LogP contribution in [-0.4, -0.2) is 86.4 Å². The Balaban J connectivity index is 1.36. The molecule has 0 radical (unpaired) electrons. The molecule has 3 heterocycles. The molecule has 1 aliphatic carbocycles. The normalized spacial score (nSPS) is 20.5. The molecule has 2 aliphatic heterocycles. The topological polar surface area (TPSA) is 75.1 Å². The summed E-state index contributed by atoms with van der Waals surface area (Å²) >= 11 is 0. The van der Waals surface area contributed by atoms with Crippen LogP contribution in [0.1, 0.15) is 60.4 Å². The molecule has 9 heteroatoms. The summed E-state index contributed by atoms with van der Waals surface area (Å²) < 4.78 is 20.0. The third kappa shape index (κ3) is 7.56. The van der Waals surface area contributed by atoms with Crippen molar-refractivity contribution in [1.29, 1.82) is 0 Å². The number of carbonyl (C=O) groups is 2. The average Bonchev–Trinajstić information content (AvgIpc) is 3.42. The SMILES string of the molecule is Cc1cc(C(=O)N2CCN(C(=O)OC(C)(C)C)C[C@H]2Cc2ccccc2)c(C2C=CC=CC2)n1-c1cccc(N2CCS(=O)CC2)c1. The van der Waals surface area contributed by atoms with E-state index in [2.05, 4.69) is 77.1 Å². The van der Waals surface area contributed by atoms with Crippen molar-refractivity contribution in [2.45, 2.75) is 58.1 Å². The van der Waals surface area contributed by atoms with Crippen LogP contribution < -0.4 is 4.90 Å². The first kappa shape index (κ1) is 32.8. The van der Waals surface area contributed by atoms with Crippen LogP contribution in [0.25, 0.3) is 5.69 Å². The number of hydrogen-bond donors (Lipinski definition) is 0. The number of aryl methyl sites for hydroxylation is 1. The molecular weight excluding hydrogens is 609 g/mol. The quantitative estimate of drug-likeness (QED) is 0.314. The van der Waals surface area contributed by atoms with Gasteiger partial charge < -0.3 is 24.0 Å². The summed E-state index contributed by atoms with van der Waals surface area (Å²) in [5.41, 5.74) is 5.32. The lowest BCUT2D eigenvalue weighted by Gasteiger charge is -2.42. The van der Waals surface area contributed by atoms with E-state index in [4.69, 9.17) is 4.74 Å². The third-order valence-corrected chi connectivity index (χ3v) is 10.4. The van der Waals surface area contributed by atoms with Crippen molar-refractivity contribution in [1.82, 2.24) is 14.4 Å². The van der Waals surface area contributed by atoms with E-state index in [-0.39, 0.29) is 24.0 Å². The highest BCUT2D eigenvalue weighted by atomic mass is 32.2. The molecule has 8 nitrogen and oxygen atoms in total. The number of ether oxygens (including phenoxy) is 1. The number of rotatable bonds is 6. The number of hydrogen-bond acceptors (Lipinski definition) is 5. The Morgan fingerprint density at radius 1 is 0.915 bits per heavy atom. The van der Waals surface area contributed by atoms with Gasteiger partial charge in [0.05, 0.1) is 11.6 Å². The lowest BCUT2D eigenvalue weighted by atomic mass is 9.93. The number of amides is 2. The fourth-order valence-corrected chi connectivity index (χ4v) is 7.93. The first-order valence-electron chi connectivity index (χ1n) is 16.7. The largest absolute Gasteiger partial charge is 0.444 e. The molecule has 248 valence electrons. The van der Waals surface area contributed by atoms with Gasteiger partial charge in [0.15, 0.2) is 0 Å². The number of aromatic nitrogens is 1. The number of nitrogens with zero attached hydrogens (tertiary/aromatic N) is 4. The van der Waals surface area contributed by atoms with Crippen molar-refractivity contribution in [3.63, 3.8) is 0 Å². The molecule has 3 aromatic rings. The minimum atomic E-state index is -0.749. The Morgan fingerprint density at radius 2 is 1.66 bits per heavy atom. The van der Waals surface area contributed by atoms with Gasteiger partial charge in [0.2, 0.25) is 0 Å². The van der Waals surface area contributed by atoms with E-state index < -0.39 is 16.4 Å². The van der Waals surface area contributed by atoms with Crippen molar-refractivity contribution in [2.24, 2.45) is 0 Å². The van der Waals surface area contributed by atoms with Crippen LogP contribution in [0.15, 0.2) is 85.0 Å². The second-order valence-electron chi connectivity index (χ2n) is 13.7. The zero-order chi connectivity index (χ0) is 33.1. The summed E-state index contributed by atoms with van der Waals surface area (Å²) in [5, 5.41) is 0. The van der Waals surface area contributed by atoms with E-state index in [0.717, 1.165) is 47.8 Å². The third-order valence-electron chi connectivity index (χ3n) is 9.13. The van der Waals surface area contributed by atoms with Crippen LogP contribution in [0.4, 0.5) is 10.5 Å². The fraction of sp³-hybridized carbons (Fsp3) is 0.421. The van der Waals surface area contributed by atoms with Crippen molar-refractivity contribution in [3.8, 4) is 5.69 Å². The highest BCUT2D eigenvalue weighted by Crippen LogP contribution is 2.35.